The summed E-state index contributed by atoms with van der Waals surface area (Å²) in [7, 11) is -3.60. The van der Waals surface area contributed by atoms with Crippen molar-refractivity contribution in [3.8, 4) is 22.6 Å². The van der Waals surface area contributed by atoms with Crippen molar-refractivity contribution in [1.82, 2.24) is 14.7 Å². The van der Waals surface area contributed by atoms with Gasteiger partial charge in [-0.05, 0) is 42.7 Å². The van der Waals surface area contributed by atoms with Gasteiger partial charge in [0.2, 0.25) is 10.0 Å². The first-order valence-electron chi connectivity index (χ1n) is 11.9. The van der Waals surface area contributed by atoms with E-state index in [1.165, 1.54) is 12.8 Å². The number of sulfonamides is 1. The lowest BCUT2D eigenvalue weighted by atomic mass is 10.1. The Morgan fingerprint density at radius 3 is 2.26 bits per heavy atom. The summed E-state index contributed by atoms with van der Waals surface area (Å²) in [6.45, 7) is 2.42. The van der Waals surface area contributed by atoms with E-state index >= 15 is 0 Å². The van der Waals surface area contributed by atoms with Gasteiger partial charge in [-0.15, -0.1) is 0 Å². The minimum Gasteiger partial charge on any atom is -0.341 e. The number of benzene rings is 3. The van der Waals surface area contributed by atoms with Gasteiger partial charge in [-0.1, -0.05) is 86.0 Å². The number of hydrogen-bond donors (Lipinski definition) is 2. The van der Waals surface area contributed by atoms with Crippen LogP contribution in [-0.4, -0.2) is 24.9 Å². The Hall–Kier alpha value is -2.93. The third-order valence-electron chi connectivity index (χ3n) is 5.91. The number of imidazole rings is 1. The molecule has 4 rings (SSSR count). The minimum absolute atomic E-state index is 0.248. The van der Waals surface area contributed by atoms with Gasteiger partial charge < -0.3 is 4.98 Å². The number of halogens is 1. The van der Waals surface area contributed by atoms with E-state index in [1.54, 1.807) is 12.1 Å². The van der Waals surface area contributed by atoms with Crippen molar-refractivity contribution in [2.24, 2.45) is 0 Å². The van der Waals surface area contributed by atoms with Crippen molar-refractivity contribution in [3.05, 3.63) is 95.1 Å². The Labute approximate surface area is 212 Å². The van der Waals surface area contributed by atoms with Crippen molar-refractivity contribution in [2.45, 2.75) is 43.9 Å². The molecule has 0 atom stereocenters. The van der Waals surface area contributed by atoms with Crippen LogP contribution < -0.4 is 4.72 Å². The Morgan fingerprint density at radius 1 is 0.857 bits per heavy atom. The largest absolute Gasteiger partial charge is 0.341 e. The van der Waals surface area contributed by atoms with E-state index in [4.69, 9.17) is 16.6 Å². The van der Waals surface area contributed by atoms with Crippen LogP contribution in [0.1, 0.15) is 37.4 Å². The Balaban J connectivity index is 1.48. The van der Waals surface area contributed by atoms with Crippen LogP contribution in [0.25, 0.3) is 22.6 Å². The number of aryl methyl sites for hydroxylation is 1. The molecule has 1 aromatic heterocycles. The molecule has 0 aliphatic carbocycles. The Kier molecular flexibility index (Phi) is 8.39. The average Bonchev–Trinajstić information content (AvgIpc) is 3.29. The van der Waals surface area contributed by atoms with Gasteiger partial charge in [0.25, 0.3) is 0 Å². The number of H-pyrrole nitrogens is 1. The average molecular weight is 508 g/mol. The molecule has 35 heavy (non-hydrogen) atoms. The van der Waals surface area contributed by atoms with Crippen LogP contribution in [0, 0.1) is 0 Å². The van der Waals surface area contributed by atoms with Gasteiger partial charge in [0.05, 0.1) is 10.6 Å². The molecule has 0 radical (unpaired) electrons. The third-order valence-corrected chi connectivity index (χ3v) is 7.64. The quantitative estimate of drug-likeness (QED) is 0.223. The van der Waals surface area contributed by atoms with E-state index < -0.39 is 10.0 Å². The number of hydrogen-bond acceptors (Lipinski definition) is 3. The fraction of sp³-hybridized carbons (Fsp3) is 0.250. The summed E-state index contributed by atoms with van der Waals surface area (Å²) in [6.07, 6.45) is 4.90. The predicted molar refractivity (Wildman–Crippen MR) is 143 cm³/mol. The van der Waals surface area contributed by atoms with Gasteiger partial charge in [0, 0.05) is 34.8 Å². The van der Waals surface area contributed by atoms with Crippen LogP contribution >= 0.6 is 11.6 Å². The summed E-state index contributed by atoms with van der Waals surface area (Å²) in [4.78, 5) is 8.49. The molecule has 0 fully saturated rings. The van der Waals surface area contributed by atoms with Crippen LogP contribution in [-0.2, 0) is 22.9 Å². The second-order valence-electron chi connectivity index (χ2n) is 8.53. The summed E-state index contributed by atoms with van der Waals surface area (Å²) in [5.74, 6) is 0.743. The van der Waals surface area contributed by atoms with Gasteiger partial charge in [0.1, 0.15) is 5.82 Å². The molecular formula is C28H30ClN3O2S. The van der Waals surface area contributed by atoms with Crippen molar-refractivity contribution in [2.75, 3.05) is 6.54 Å². The maximum absolute atomic E-state index is 12.9. The van der Waals surface area contributed by atoms with Crippen LogP contribution in [0.2, 0.25) is 5.02 Å². The molecule has 3 aromatic carbocycles. The van der Waals surface area contributed by atoms with Crippen LogP contribution in [0.4, 0.5) is 0 Å². The van der Waals surface area contributed by atoms with Gasteiger partial charge >= 0.3 is 0 Å². The lowest BCUT2D eigenvalue weighted by molar-refractivity contribution is 0.581. The summed E-state index contributed by atoms with van der Waals surface area (Å²) in [6, 6.07) is 24.5. The smallest absolute Gasteiger partial charge is 0.240 e. The van der Waals surface area contributed by atoms with Crippen molar-refractivity contribution in [1.29, 1.82) is 0 Å². The van der Waals surface area contributed by atoms with E-state index in [-0.39, 0.29) is 11.4 Å². The normalized spacial score (nSPS) is 11.6. The van der Waals surface area contributed by atoms with Crippen LogP contribution in [0.3, 0.4) is 0 Å². The number of rotatable bonds is 11. The zero-order valence-corrected chi connectivity index (χ0v) is 21.4. The maximum Gasteiger partial charge on any atom is 0.240 e. The number of nitrogens with one attached hydrogen (secondary N) is 2. The first kappa shape index (κ1) is 25.2. The second-order valence-corrected chi connectivity index (χ2v) is 10.7. The van der Waals surface area contributed by atoms with Gasteiger partial charge in [-0.25, -0.2) is 18.1 Å². The SMILES string of the molecule is CCCCCc1ccc(S(=O)(=O)NCCc2[nH]c(-c3ccccc3)nc2-c2ccc(Cl)cc2)cc1. The number of nitrogens with zero attached hydrogens (tertiary/aromatic N) is 1. The molecule has 0 amide bonds. The van der Waals surface area contributed by atoms with Gasteiger partial charge in [-0.3, -0.25) is 0 Å². The molecule has 0 spiro atoms. The molecule has 1 heterocycles. The van der Waals surface area contributed by atoms with E-state index in [0.717, 1.165) is 46.7 Å². The van der Waals surface area contributed by atoms with Gasteiger partial charge in [-0.2, -0.15) is 0 Å². The van der Waals surface area contributed by atoms with Crippen molar-refractivity contribution in [3.63, 3.8) is 0 Å². The maximum atomic E-state index is 12.9. The molecule has 182 valence electrons. The van der Waals surface area contributed by atoms with Crippen LogP contribution in [0.5, 0.6) is 0 Å². The summed E-state index contributed by atoms with van der Waals surface area (Å²) in [5, 5.41) is 0.651. The lowest BCUT2D eigenvalue weighted by Crippen LogP contribution is -2.26. The molecule has 0 aliphatic rings. The second kappa shape index (κ2) is 11.7. The fourth-order valence-corrected chi connectivity index (χ4v) is 5.14. The lowest BCUT2D eigenvalue weighted by Gasteiger charge is -2.08. The topological polar surface area (TPSA) is 74.8 Å². The van der Waals surface area contributed by atoms with E-state index in [9.17, 15) is 8.42 Å². The fourth-order valence-electron chi connectivity index (χ4n) is 3.98. The van der Waals surface area contributed by atoms with Crippen LogP contribution in [0.15, 0.2) is 83.8 Å². The number of unbranched alkanes of at least 4 members (excludes halogenated alkanes) is 2. The van der Waals surface area contributed by atoms with Crippen molar-refractivity contribution >= 4 is 21.6 Å². The Morgan fingerprint density at radius 2 is 1.57 bits per heavy atom. The molecule has 2 N–H and O–H groups in total. The molecule has 4 aromatic rings. The predicted octanol–water partition coefficient (Wildman–Crippen LogP) is 6.65. The highest BCUT2D eigenvalue weighted by molar-refractivity contribution is 7.89. The molecule has 0 aliphatic heterocycles. The molecule has 0 unspecified atom stereocenters. The van der Waals surface area contributed by atoms with Crippen molar-refractivity contribution < 1.29 is 8.42 Å². The zero-order valence-electron chi connectivity index (χ0n) is 19.8. The highest BCUT2D eigenvalue weighted by Crippen LogP contribution is 2.27. The summed E-state index contributed by atoms with van der Waals surface area (Å²) in [5.41, 5.74) is 4.70. The highest BCUT2D eigenvalue weighted by Gasteiger charge is 2.17. The number of aromatic amines is 1. The van der Waals surface area contributed by atoms with E-state index in [1.807, 2.05) is 66.7 Å². The van der Waals surface area contributed by atoms with E-state index in [2.05, 4.69) is 16.6 Å². The third kappa shape index (κ3) is 6.60. The first-order valence-corrected chi connectivity index (χ1v) is 13.8. The summed E-state index contributed by atoms with van der Waals surface area (Å²) < 4.78 is 28.5. The number of aromatic nitrogens is 2. The molecule has 0 saturated heterocycles. The highest BCUT2D eigenvalue weighted by atomic mass is 35.5. The molecule has 0 saturated carbocycles. The Bertz CT molecular complexity index is 1330. The first-order chi connectivity index (χ1) is 17.0. The monoisotopic (exact) mass is 507 g/mol. The van der Waals surface area contributed by atoms with E-state index in [0.29, 0.717) is 11.4 Å². The zero-order chi connectivity index (χ0) is 24.7. The molecule has 0 bridgehead atoms. The summed E-state index contributed by atoms with van der Waals surface area (Å²) >= 11 is 6.07. The molecule has 7 heteroatoms. The molecular weight excluding hydrogens is 478 g/mol. The van der Waals surface area contributed by atoms with Gasteiger partial charge in [0.15, 0.2) is 0 Å². The standard InChI is InChI=1S/C28H30ClN3O2S/c1-2-3-5-8-21-11-17-25(18-12-21)35(33,34)30-20-19-26-27(22-13-15-24(29)16-14-22)32-28(31-26)23-9-6-4-7-10-23/h4,6-7,9-18,30H,2-3,5,8,19-20H2,1H3,(H,31,32). The molecule has 5 nitrogen and oxygen atoms in total. The minimum atomic E-state index is -3.60.